The van der Waals surface area contributed by atoms with Gasteiger partial charge in [0.05, 0.1) is 25.4 Å². The lowest BCUT2D eigenvalue weighted by Crippen LogP contribution is -2.45. The van der Waals surface area contributed by atoms with Gasteiger partial charge < -0.3 is 20.3 Å². The summed E-state index contributed by atoms with van der Waals surface area (Å²) in [6.07, 6.45) is 65.0. The molecule has 2 atom stereocenters. The standard InChI is InChI=1S/C59H115NO5/c1-3-5-7-9-11-13-15-16-17-27-30-33-37-41-45-49-53-59(64)65-54-50-46-42-38-34-31-28-25-23-21-19-18-20-22-24-26-29-32-36-40-44-48-52-58(63)60-56(55-61)57(62)51-47-43-39-35-14-12-10-8-6-4-2/h20,22,56-57,61-62H,3-19,21,23-55H2,1-2H3,(H,60,63)/b22-20-. The number of aliphatic hydroxyl groups is 2. The molecule has 3 N–H and O–H groups in total. The lowest BCUT2D eigenvalue weighted by Gasteiger charge is -2.22. The van der Waals surface area contributed by atoms with Crippen LogP contribution in [0.4, 0.5) is 0 Å². The number of amides is 1. The summed E-state index contributed by atoms with van der Waals surface area (Å²) >= 11 is 0. The van der Waals surface area contributed by atoms with E-state index in [9.17, 15) is 19.8 Å². The van der Waals surface area contributed by atoms with E-state index >= 15 is 0 Å². The van der Waals surface area contributed by atoms with E-state index in [0.29, 0.717) is 25.9 Å². The lowest BCUT2D eigenvalue weighted by atomic mass is 10.0. The van der Waals surface area contributed by atoms with E-state index < -0.39 is 12.1 Å². The average molecular weight is 919 g/mol. The fraction of sp³-hybridized carbons (Fsp3) is 0.932. The van der Waals surface area contributed by atoms with Gasteiger partial charge in [-0.25, -0.2) is 0 Å². The third kappa shape index (κ3) is 51.8. The van der Waals surface area contributed by atoms with Crippen LogP contribution in [0, 0.1) is 0 Å². The van der Waals surface area contributed by atoms with Crippen molar-refractivity contribution in [3.8, 4) is 0 Å². The molecule has 1 amide bonds. The van der Waals surface area contributed by atoms with E-state index in [0.717, 1.165) is 38.5 Å². The number of allylic oxidation sites excluding steroid dienone is 2. The van der Waals surface area contributed by atoms with Crippen LogP contribution in [-0.4, -0.2) is 47.4 Å². The molecule has 0 fully saturated rings. The maximum absolute atomic E-state index is 12.4. The normalized spacial score (nSPS) is 12.6. The van der Waals surface area contributed by atoms with Gasteiger partial charge in [-0.3, -0.25) is 9.59 Å². The molecule has 0 spiro atoms. The highest BCUT2D eigenvalue weighted by atomic mass is 16.5. The molecule has 6 nitrogen and oxygen atoms in total. The van der Waals surface area contributed by atoms with Crippen molar-refractivity contribution >= 4 is 11.9 Å². The van der Waals surface area contributed by atoms with Crippen molar-refractivity contribution in [1.82, 2.24) is 5.32 Å². The first-order chi connectivity index (χ1) is 32.0. The number of ether oxygens (including phenoxy) is 1. The summed E-state index contributed by atoms with van der Waals surface area (Å²) in [6.45, 7) is 4.95. The monoisotopic (exact) mass is 918 g/mol. The Balaban J connectivity index is 3.37. The van der Waals surface area contributed by atoms with Crippen molar-refractivity contribution in [3.05, 3.63) is 12.2 Å². The summed E-state index contributed by atoms with van der Waals surface area (Å²) in [5.74, 6) is -0.0288. The lowest BCUT2D eigenvalue weighted by molar-refractivity contribution is -0.143. The van der Waals surface area contributed by atoms with Crippen LogP contribution >= 0.6 is 0 Å². The molecule has 0 aromatic heterocycles. The van der Waals surface area contributed by atoms with Crippen molar-refractivity contribution < 1.29 is 24.5 Å². The first-order valence-corrected chi connectivity index (χ1v) is 29.4. The molecular weight excluding hydrogens is 803 g/mol. The Bertz CT molecular complexity index is 970. The third-order valence-electron chi connectivity index (χ3n) is 13.8. The van der Waals surface area contributed by atoms with Crippen molar-refractivity contribution in [3.63, 3.8) is 0 Å². The minimum absolute atomic E-state index is 0.0137. The molecule has 2 unspecified atom stereocenters. The summed E-state index contributed by atoms with van der Waals surface area (Å²) in [5.41, 5.74) is 0. The Morgan fingerprint density at radius 3 is 1.09 bits per heavy atom. The van der Waals surface area contributed by atoms with Crippen LogP contribution in [0.2, 0.25) is 0 Å². The van der Waals surface area contributed by atoms with Crippen molar-refractivity contribution in [2.45, 2.75) is 341 Å². The molecule has 6 heteroatoms. The molecule has 0 saturated carbocycles. The molecule has 65 heavy (non-hydrogen) atoms. The van der Waals surface area contributed by atoms with Crippen LogP contribution < -0.4 is 5.32 Å². The molecule has 0 heterocycles. The van der Waals surface area contributed by atoms with Crippen LogP contribution in [0.1, 0.15) is 328 Å². The van der Waals surface area contributed by atoms with E-state index in [2.05, 4.69) is 31.3 Å². The second-order valence-electron chi connectivity index (χ2n) is 20.3. The fourth-order valence-corrected chi connectivity index (χ4v) is 9.28. The summed E-state index contributed by atoms with van der Waals surface area (Å²) in [6, 6.07) is -0.544. The van der Waals surface area contributed by atoms with Crippen LogP contribution in [0.5, 0.6) is 0 Å². The molecule has 0 radical (unpaired) electrons. The molecule has 0 aliphatic rings. The highest BCUT2D eigenvalue weighted by Crippen LogP contribution is 2.17. The fourth-order valence-electron chi connectivity index (χ4n) is 9.28. The first kappa shape index (κ1) is 63.6. The topological polar surface area (TPSA) is 95.9 Å². The zero-order chi connectivity index (χ0) is 47.2. The predicted molar refractivity (Wildman–Crippen MR) is 283 cm³/mol. The summed E-state index contributed by atoms with van der Waals surface area (Å²) in [5, 5.41) is 23.1. The highest BCUT2D eigenvalue weighted by Gasteiger charge is 2.20. The van der Waals surface area contributed by atoms with Gasteiger partial charge >= 0.3 is 5.97 Å². The number of carbonyl (C=O) groups excluding carboxylic acids is 2. The molecular formula is C59H115NO5. The van der Waals surface area contributed by atoms with Crippen LogP contribution in [-0.2, 0) is 14.3 Å². The van der Waals surface area contributed by atoms with E-state index in [1.165, 1.54) is 257 Å². The number of unbranched alkanes of at least 4 members (excludes halogenated alkanes) is 42. The quantitative estimate of drug-likeness (QED) is 0.0321. The van der Waals surface area contributed by atoms with Gasteiger partial charge in [0.1, 0.15) is 0 Å². The minimum Gasteiger partial charge on any atom is -0.466 e. The van der Waals surface area contributed by atoms with Gasteiger partial charge in [0.15, 0.2) is 0 Å². The zero-order valence-corrected chi connectivity index (χ0v) is 44.0. The summed E-state index contributed by atoms with van der Waals surface area (Å²) < 4.78 is 5.49. The maximum Gasteiger partial charge on any atom is 0.305 e. The average Bonchev–Trinajstić information content (AvgIpc) is 3.31. The Morgan fingerprint density at radius 1 is 0.415 bits per heavy atom. The predicted octanol–water partition coefficient (Wildman–Crippen LogP) is 18.1. The number of carbonyl (C=O) groups is 2. The van der Waals surface area contributed by atoms with Crippen LogP contribution in [0.25, 0.3) is 0 Å². The Morgan fingerprint density at radius 2 is 0.723 bits per heavy atom. The maximum atomic E-state index is 12.4. The van der Waals surface area contributed by atoms with Gasteiger partial charge in [0, 0.05) is 12.8 Å². The van der Waals surface area contributed by atoms with Crippen LogP contribution in [0.3, 0.4) is 0 Å². The van der Waals surface area contributed by atoms with Gasteiger partial charge in [-0.1, -0.05) is 276 Å². The van der Waals surface area contributed by atoms with E-state index in [1.807, 2.05) is 0 Å². The third-order valence-corrected chi connectivity index (χ3v) is 13.8. The van der Waals surface area contributed by atoms with E-state index in [1.54, 1.807) is 0 Å². The molecule has 0 aromatic rings. The molecule has 0 bridgehead atoms. The van der Waals surface area contributed by atoms with Gasteiger partial charge in [-0.05, 0) is 51.4 Å². The summed E-state index contributed by atoms with van der Waals surface area (Å²) in [7, 11) is 0. The van der Waals surface area contributed by atoms with Crippen molar-refractivity contribution in [2.75, 3.05) is 13.2 Å². The molecule has 386 valence electrons. The molecule has 0 aromatic carbocycles. The van der Waals surface area contributed by atoms with Crippen LogP contribution in [0.15, 0.2) is 12.2 Å². The second-order valence-corrected chi connectivity index (χ2v) is 20.3. The van der Waals surface area contributed by atoms with Crippen molar-refractivity contribution in [1.29, 1.82) is 0 Å². The Hall–Kier alpha value is -1.40. The molecule has 0 saturated heterocycles. The van der Waals surface area contributed by atoms with Gasteiger partial charge in [0.2, 0.25) is 5.91 Å². The number of hydrogen-bond donors (Lipinski definition) is 3. The van der Waals surface area contributed by atoms with E-state index in [4.69, 9.17) is 4.74 Å². The summed E-state index contributed by atoms with van der Waals surface area (Å²) in [4.78, 5) is 24.5. The molecule has 0 aliphatic carbocycles. The smallest absolute Gasteiger partial charge is 0.305 e. The number of esters is 1. The second kappa shape index (κ2) is 55.2. The van der Waals surface area contributed by atoms with E-state index in [-0.39, 0.29) is 18.5 Å². The number of rotatable bonds is 55. The molecule has 0 aliphatic heterocycles. The molecule has 0 rings (SSSR count). The van der Waals surface area contributed by atoms with Gasteiger partial charge in [0.25, 0.3) is 0 Å². The SMILES string of the molecule is CCCCCCCCCCCCCCCCCCC(=O)OCCCCCCCCCCCCC/C=C\CCCCCCCCCC(=O)NC(CO)C(O)CCCCCCCCCCCC. The Labute approximate surface area is 406 Å². The number of hydrogen-bond acceptors (Lipinski definition) is 5. The minimum atomic E-state index is -0.666. The Kier molecular flexibility index (Phi) is 54.0. The number of aliphatic hydroxyl groups excluding tert-OH is 2. The number of nitrogens with one attached hydrogen (secondary N) is 1. The largest absolute Gasteiger partial charge is 0.466 e. The van der Waals surface area contributed by atoms with Gasteiger partial charge in [-0.2, -0.15) is 0 Å². The van der Waals surface area contributed by atoms with Crippen molar-refractivity contribution in [2.24, 2.45) is 0 Å². The zero-order valence-electron chi connectivity index (χ0n) is 44.0. The highest BCUT2D eigenvalue weighted by molar-refractivity contribution is 5.76. The van der Waals surface area contributed by atoms with Gasteiger partial charge in [-0.15, -0.1) is 0 Å². The first-order valence-electron chi connectivity index (χ1n) is 29.4.